The summed E-state index contributed by atoms with van der Waals surface area (Å²) >= 11 is 0. The number of para-hydroxylation sites is 2. The number of nitrogens with two attached hydrogens (primary N) is 1. The molecule has 3 N–H and O–H groups in total. The molecule has 0 spiro atoms. The lowest BCUT2D eigenvalue weighted by Gasteiger charge is -2.25. The third kappa shape index (κ3) is 4.69. The van der Waals surface area contributed by atoms with Crippen LogP contribution in [0, 0.1) is 0 Å². The number of hydrogen-bond acceptors (Lipinski definition) is 4. The van der Waals surface area contributed by atoms with Gasteiger partial charge in [0.2, 0.25) is 0 Å². The minimum absolute atomic E-state index is 0.295. The molecule has 0 saturated heterocycles. The van der Waals surface area contributed by atoms with Crippen LogP contribution >= 0.6 is 0 Å². The van der Waals surface area contributed by atoms with Crippen molar-refractivity contribution in [2.75, 3.05) is 25.4 Å². The molecule has 1 atom stereocenters. The molecule has 1 aliphatic carbocycles. The number of hydrogen-bond donors (Lipinski definition) is 2. The highest BCUT2D eigenvalue weighted by atomic mass is 16.5. The number of rotatable bonds is 9. The van der Waals surface area contributed by atoms with Gasteiger partial charge in [-0.3, -0.25) is 4.90 Å². The average molecular weight is 278 g/mol. The lowest BCUT2D eigenvalue weighted by molar-refractivity contribution is 0.0651. The van der Waals surface area contributed by atoms with E-state index in [-0.39, 0.29) is 0 Å². The van der Waals surface area contributed by atoms with E-state index in [0.717, 1.165) is 6.54 Å². The van der Waals surface area contributed by atoms with Crippen LogP contribution in [0.2, 0.25) is 0 Å². The van der Waals surface area contributed by atoms with Crippen LogP contribution in [-0.2, 0) is 0 Å². The van der Waals surface area contributed by atoms with E-state index in [1.165, 1.54) is 25.7 Å². The zero-order chi connectivity index (χ0) is 14.4. The summed E-state index contributed by atoms with van der Waals surface area (Å²) in [5.74, 6) is 0.651. The van der Waals surface area contributed by atoms with E-state index in [1.807, 2.05) is 18.2 Å². The molecule has 0 radical (unpaired) electrons. The van der Waals surface area contributed by atoms with Crippen LogP contribution in [0.15, 0.2) is 24.3 Å². The average Bonchev–Trinajstić information content (AvgIpc) is 3.27. The summed E-state index contributed by atoms with van der Waals surface area (Å²) in [4.78, 5) is 2.39. The van der Waals surface area contributed by atoms with Crippen molar-refractivity contribution in [2.45, 2.75) is 44.8 Å². The first-order valence-corrected chi connectivity index (χ1v) is 7.60. The van der Waals surface area contributed by atoms with E-state index < -0.39 is 6.10 Å². The summed E-state index contributed by atoms with van der Waals surface area (Å²) in [5, 5.41) is 10.1. The second kappa shape index (κ2) is 7.50. The predicted molar refractivity (Wildman–Crippen MR) is 81.9 cm³/mol. The molecular weight excluding hydrogens is 252 g/mol. The van der Waals surface area contributed by atoms with Gasteiger partial charge in [-0.2, -0.15) is 0 Å². The number of aliphatic hydroxyl groups is 1. The van der Waals surface area contributed by atoms with Gasteiger partial charge in [-0.25, -0.2) is 0 Å². The fourth-order valence-electron chi connectivity index (χ4n) is 2.35. The summed E-state index contributed by atoms with van der Waals surface area (Å²) in [7, 11) is 0. The maximum atomic E-state index is 10.1. The minimum atomic E-state index is -0.466. The normalized spacial score (nSPS) is 16.4. The molecule has 0 aliphatic heterocycles. The van der Waals surface area contributed by atoms with E-state index in [4.69, 9.17) is 10.5 Å². The molecule has 0 heterocycles. The van der Waals surface area contributed by atoms with Crippen molar-refractivity contribution in [3.05, 3.63) is 24.3 Å². The van der Waals surface area contributed by atoms with Crippen LogP contribution in [0.1, 0.15) is 32.6 Å². The number of unbranched alkanes of at least 4 members (excludes halogenated alkanes) is 1. The van der Waals surface area contributed by atoms with Gasteiger partial charge in [0.05, 0.1) is 5.69 Å². The van der Waals surface area contributed by atoms with Crippen LogP contribution in [0.3, 0.4) is 0 Å². The Labute approximate surface area is 121 Å². The Morgan fingerprint density at radius 3 is 2.80 bits per heavy atom. The molecule has 1 unspecified atom stereocenters. The van der Waals surface area contributed by atoms with Gasteiger partial charge in [-0.15, -0.1) is 0 Å². The Balaban J connectivity index is 1.76. The van der Waals surface area contributed by atoms with E-state index in [1.54, 1.807) is 6.07 Å². The summed E-state index contributed by atoms with van der Waals surface area (Å²) in [6, 6.07) is 8.07. The van der Waals surface area contributed by atoms with Crippen LogP contribution < -0.4 is 10.5 Å². The number of anilines is 1. The van der Waals surface area contributed by atoms with Gasteiger partial charge < -0.3 is 15.6 Å². The Hall–Kier alpha value is -1.26. The standard InChI is InChI=1S/C16H26N2O2/c1-2-3-10-18(13-8-9-13)11-14(19)12-20-16-7-5-4-6-15(16)17/h4-7,13-14,19H,2-3,8-12,17H2,1H3. The molecule has 1 aromatic carbocycles. The van der Waals surface area contributed by atoms with Crippen molar-refractivity contribution in [1.29, 1.82) is 0 Å². The van der Waals surface area contributed by atoms with Gasteiger partial charge in [0, 0.05) is 12.6 Å². The Morgan fingerprint density at radius 1 is 1.40 bits per heavy atom. The molecule has 4 nitrogen and oxygen atoms in total. The fourth-order valence-corrected chi connectivity index (χ4v) is 2.35. The largest absolute Gasteiger partial charge is 0.489 e. The molecule has 4 heteroatoms. The van der Waals surface area contributed by atoms with Crippen LogP contribution in [0.4, 0.5) is 5.69 Å². The second-order valence-corrected chi connectivity index (χ2v) is 5.58. The number of nitrogen functional groups attached to an aromatic ring is 1. The highest BCUT2D eigenvalue weighted by Gasteiger charge is 2.29. The van der Waals surface area contributed by atoms with Gasteiger partial charge in [0.25, 0.3) is 0 Å². The highest BCUT2D eigenvalue weighted by Crippen LogP contribution is 2.27. The van der Waals surface area contributed by atoms with Crippen molar-refractivity contribution < 1.29 is 9.84 Å². The fraction of sp³-hybridized carbons (Fsp3) is 0.625. The summed E-state index contributed by atoms with van der Waals surface area (Å²) in [6.45, 7) is 4.26. The van der Waals surface area contributed by atoms with E-state index in [0.29, 0.717) is 30.6 Å². The minimum Gasteiger partial charge on any atom is -0.489 e. The van der Waals surface area contributed by atoms with Gasteiger partial charge in [0.1, 0.15) is 18.5 Å². The third-order valence-corrected chi connectivity index (χ3v) is 3.66. The molecular formula is C16H26N2O2. The van der Waals surface area contributed by atoms with Gasteiger partial charge in [-0.05, 0) is 37.9 Å². The monoisotopic (exact) mass is 278 g/mol. The first kappa shape index (κ1) is 15.1. The molecule has 1 aromatic rings. The molecule has 0 aromatic heterocycles. The first-order valence-electron chi connectivity index (χ1n) is 7.60. The molecule has 1 fully saturated rings. The van der Waals surface area contributed by atoms with E-state index >= 15 is 0 Å². The Morgan fingerprint density at radius 2 is 2.15 bits per heavy atom. The van der Waals surface area contributed by atoms with Gasteiger partial charge >= 0.3 is 0 Å². The summed E-state index contributed by atoms with van der Waals surface area (Å²) in [6.07, 6.45) is 4.45. The maximum Gasteiger partial charge on any atom is 0.142 e. The molecule has 1 saturated carbocycles. The molecule has 1 aliphatic rings. The first-order chi connectivity index (χ1) is 9.70. The highest BCUT2D eigenvalue weighted by molar-refractivity contribution is 5.51. The number of aliphatic hydroxyl groups excluding tert-OH is 1. The Kier molecular flexibility index (Phi) is 5.68. The summed E-state index contributed by atoms with van der Waals surface area (Å²) in [5.41, 5.74) is 6.43. The summed E-state index contributed by atoms with van der Waals surface area (Å²) < 4.78 is 5.60. The SMILES string of the molecule is CCCCN(CC(O)COc1ccccc1N)C1CC1. The van der Waals surface area contributed by atoms with Gasteiger partial charge in [-0.1, -0.05) is 25.5 Å². The van der Waals surface area contributed by atoms with Crippen molar-refractivity contribution in [3.8, 4) is 5.75 Å². The van der Waals surface area contributed by atoms with E-state index in [9.17, 15) is 5.11 Å². The van der Waals surface area contributed by atoms with Crippen molar-refractivity contribution in [2.24, 2.45) is 0 Å². The van der Waals surface area contributed by atoms with Crippen LogP contribution in [-0.4, -0.2) is 41.8 Å². The number of benzene rings is 1. The topological polar surface area (TPSA) is 58.7 Å². The molecule has 0 amide bonds. The zero-order valence-electron chi connectivity index (χ0n) is 12.3. The molecule has 2 rings (SSSR count). The lowest BCUT2D eigenvalue weighted by Crippen LogP contribution is -2.37. The second-order valence-electron chi connectivity index (χ2n) is 5.58. The van der Waals surface area contributed by atoms with Crippen LogP contribution in [0.5, 0.6) is 5.75 Å². The Bertz CT molecular complexity index is 407. The third-order valence-electron chi connectivity index (χ3n) is 3.66. The molecule has 0 bridgehead atoms. The molecule has 20 heavy (non-hydrogen) atoms. The predicted octanol–water partition coefficient (Wildman–Crippen LogP) is 2.27. The van der Waals surface area contributed by atoms with Crippen LogP contribution in [0.25, 0.3) is 0 Å². The van der Waals surface area contributed by atoms with Gasteiger partial charge in [0.15, 0.2) is 0 Å². The smallest absolute Gasteiger partial charge is 0.142 e. The quantitative estimate of drug-likeness (QED) is 0.680. The molecule has 112 valence electrons. The zero-order valence-corrected chi connectivity index (χ0v) is 12.3. The maximum absolute atomic E-state index is 10.1. The number of ether oxygens (including phenoxy) is 1. The van der Waals surface area contributed by atoms with Crippen molar-refractivity contribution >= 4 is 5.69 Å². The number of nitrogens with zero attached hydrogens (tertiary/aromatic N) is 1. The lowest BCUT2D eigenvalue weighted by atomic mass is 10.2. The van der Waals surface area contributed by atoms with Crippen molar-refractivity contribution in [1.82, 2.24) is 4.90 Å². The van der Waals surface area contributed by atoms with E-state index in [2.05, 4.69) is 11.8 Å². The van der Waals surface area contributed by atoms with Crippen molar-refractivity contribution in [3.63, 3.8) is 0 Å².